The normalized spacial score (nSPS) is 11.3. The number of rotatable bonds is 4. The van der Waals surface area contributed by atoms with E-state index in [0.29, 0.717) is 0 Å². The smallest absolute Gasteiger partial charge is 0.121 e. The topological polar surface area (TPSA) is 44.8 Å². The SMILES string of the molecule is Cc1cccnc1CN(C)Cc1nc2ccccc2[nH]1. The Morgan fingerprint density at radius 3 is 2.75 bits per heavy atom. The number of hydrogen-bond acceptors (Lipinski definition) is 3. The molecule has 0 atom stereocenters. The Morgan fingerprint density at radius 2 is 1.95 bits per heavy atom. The molecule has 0 saturated heterocycles. The summed E-state index contributed by atoms with van der Waals surface area (Å²) >= 11 is 0. The van der Waals surface area contributed by atoms with Gasteiger partial charge in [0.15, 0.2) is 0 Å². The first kappa shape index (κ1) is 12.8. The number of fused-ring (bicyclic) bond motifs is 1. The summed E-state index contributed by atoms with van der Waals surface area (Å²) in [4.78, 5) is 14.6. The lowest BCUT2D eigenvalue weighted by atomic mass is 10.2. The van der Waals surface area contributed by atoms with Crippen LogP contribution in [0, 0.1) is 6.92 Å². The monoisotopic (exact) mass is 266 g/mol. The summed E-state index contributed by atoms with van der Waals surface area (Å²) in [6, 6.07) is 12.2. The van der Waals surface area contributed by atoms with Crippen LogP contribution in [0.5, 0.6) is 0 Å². The summed E-state index contributed by atoms with van der Waals surface area (Å²) in [5.41, 5.74) is 4.45. The average molecular weight is 266 g/mol. The van der Waals surface area contributed by atoms with Crippen molar-refractivity contribution in [2.75, 3.05) is 7.05 Å². The molecule has 102 valence electrons. The molecule has 3 aromatic rings. The fourth-order valence-corrected chi connectivity index (χ4v) is 2.33. The van der Waals surface area contributed by atoms with Crippen molar-refractivity contribution in [3.05, 3.63) is 59.7 Å². The van der Waals surface area contributed by atoms with Crippen LogP contribution in [-0.4, -0.2) is 26.9 Å². The predicted octanol–water partition coefficient (Wildman–Crippen LogP) is 2.90. The number of imidazole rings is 1. The van der Waals surface area contributed by atoms with E-state index in [1.54, 1.807) is 0 Å². The highest BCUT2D eigenvalue weighted by Crippen LogP contribution is 2.13. The molecule has 0 saturated carbocycles. The van der Waals surface area contributed by atoms with E-state index in [1.165, 1.54) is 5.56 Å². The van der Waals surface area contributed by atoms with E-state index in [-0.39, 0.29) is 0 Å². The van der Waals surface area contributed by atoms with Gasteiger partial charge in [-0.25, -0.2) is 4.98 Å². The molecule has 0 aliphatic rings. The minimum absolute atomic E-state index is 0.782. The Hall–Kier alpha value is -2.20. The van der Waals surface area contributed by atoms with E-state index in [4.69, 9.17) is 0 Å². The van der Waals surface area contributed by atoms with Gasteiger partial charge in [0.2, 0.25) is 0 Å². The standard InChI is InChI=1S/C16H18N4/c1-12-6-5-9-17-15(12)10-20(2)11-16-18-13-7-3-4-8-14(13)19-16/h3-9H,10-11H2,1-2H3,(H,18,19). The van der Waals surface area contributed by atoms with Crippen molar-refractivity contribution in [3.8, 4) is 0 Å². The maximum atomic E-state index is 4.60. The number of nitrogens with zero attached hydrogens (tertiary/aromatic N) is 3. The van der Waals surface area contributed by atoms with Crippen LogP contribution in [0.1, 0.15) is 17.1 Å². The number of aromatic nitrogens is 3. The molecule has 20 heavy (non-hydrogen) atoms. The predicted molar refractivity (Wildman–Crippen MR) is 80.2 cm³/mol. The molecule has 0 aliphatic carbocycles. The number of hydrogen-bond donors (Lipinski definition) is 1. The van der Waals surface area contributed by atoms with Gasteiger partial charge in [-0.3, -0.25) is 9.88 Å². The zero-order valence-electron chi connectivity index (χ0n) is 11.8. The third-order valence-electron chi connectivity index (χ3n) is 3.40. The third-order valence-corrected chi connectivity index (χ3v) is 3.40. The van der Waals surface area contributed by atoms with E-state index in [0.717, 1.165) is 35.6 Å². The minimum atomic E-state index is 0.782. The van der Waals surface area contributed by atoms with E-state index < -0.39 is 0 Å². The van der Waals surface area contributed by atoms with Gasteiger partial charge in [-0.05, 0) is 37.7 Å². The molecule has 1 aromatic carbocycles. The summed E-state index contributed by atoms with van der Waals surface area (Å²) in [5, 5.41) is 0. The molecular formula is C16H18N4. The summed E-state index contributed by atoms with van der Waals surface area (Å²) in [7, 11) is 2.08. The van der Waals surface area contributed by atoms with Crippen molar-refractivity contribution in [2.24, 2.45) is 0 Å². The van der Waals surface area contributed by atoms with Crippen LogP contribution in [0.2, 0.25) is 0 Å². The lowest BCUT2D eigenvalue weighted by Gasteiger charge is -2.15. The number of benzene rings is 1. The lowest BCUT2D eigenvalue weighted by molar-refractivity contribution is 0.307. The number of H-pyrrole nitrogens is 1. The molecule has 4 nitrogen and oxygen atoms in total. The molecule has 0 radical (unpaired) electrons. The number of para-hydroxylation sites is 2. The van der Waals surface area contributed by atoms with Crippen LogP contribution in [0.15, 0.2) is 42.6 Å². The van der Waals surface area contributed by atoms with Crippen LogP contribution in [0.25, 0.3) is 11.0 Å². The summed E-state index contributed by atoms with van der Waals surface area (Å²) < 4.78 is 0. The lowest BCUT2D eigenvalue weighted by Crippen LogP contribution is -2.19. The zero-order chi connectivity index (χ0) is 13.9. The fourth-order valence-electron chi connectivity index (χ4n) is 2.33. The van der Waals surface area contributed by atoms with Gasteiger partial charge in [0.25, 0.3) is 0 Å². The second kappa shape index (κ2) is 5.43. The van der Waals surface area contributed by atoms with Crippen molar-refractivity contribution in [1.29, 1.82) is 0 Å². The maximum Gasteiger partial charge on any atom is 0.121 e. The second-order valence-electron chi connectivity index (χ2n) is 5.14. The number of aryl methyl sites for hydroxylation is 1. The second-order valence-corrected chi connectivity index (χ2v) is 5.14. The van der Waals surface area contributed by atoms with Crippen molar-refractivity contribution >= 4 is 11.0 Å². The van der Waals surface area contributed by atoms with E-state index in [9.17, 15) is 0 Å². The van der Waals surface area contributed by atoms with Crippen LogP contribution in [0.4, 0.5) is 0 Å². The highest BCUT2D eigenvalue weighted by atomic mass is 15.1. The number of nitrogens with one attached hydrogen (secondary N) is 1. The molecule has 0 bridgehead atoms. The zero-order valence-corrected chi connectivity index (χ0v) is 11.8. The van der Waals surface area contributed by atoms with Gasteiger partial charge in [-0.1, -0.05) is 18.2 Å². The van der Waals surface area contributed by atoms with Gasteiger partial charge in [-0.15, -0.1) is 0 Å². The Balaban J connectivity index is 1.72. The first-order chi connectivity index (χ1) is 9.72. The van der Waals surface area contributed by atoms with Crippen molar-refractivity contribution in [3.63, 3.8) is 0 Å². The first-order valence-corrected chi connectivity index (χ1v) is 6.75. The molecule has 4 heteroatoms. The molecule has 0 aliphatic heterocycles. The number of pyridine rings is 1. The molecule has 1 N–H and O–H groups in total. The molecule has 0 unspecified atom stereocenters. The summed E-state index contributed by atoms with van der Waals surface area (Å²) in [6.45, 7) is 3.70. The van der Waals surface area contributed by atoms with Gasteiger partial charge in [0.1, 0.15) is 5.82 Å². The minimum Gasteiger partial charge on any atom is -0.341 e. The fraction of sp³-hybridized carbons (Fsp3) is 0.250. The quantitative estimate of drug-likeness (QED) is 0.789. The molecule has 2 aromatic heterocycles. The van der Waals surface area contributed by atoms with E-state index in [2.05, 4.69) is 46.0 Å². The van der Waals surface area contributed by atoms with Crippen molar-refractivity contribution < 1.29 is 0 Å². The molecule has 0 fully saturated rings. The molecular weight excluding hydrogens is 248 g/mol. The van der Waals surface area contributed by atoms with E-state index >= 15 is 0 Å². The highest BCUT2D eigenvalue weighted by molar-refractivity contribution is 5.74. The molecule has 0 amide bonds. The average Bonchev–Trinajstić information content (AvgIpc) is 2.83. The van der Waals surface area contributed by atoms with Gasteiger partial charge in [0.05, 0.1) is 23.3 Å². The van der Waals surface area contributed by atoms with Crippen LogP contribution >= 0.6 is 0 Å². The Kier molecular flexibility index (Phi) is 3.48. The van der Waals surface area contributed by atoms with E-state index in [1.807, 2.05) is 30.5 Å². The highest BCUT2D eigenvalue weighted by Gasteiger charge is 2.08. The third kappa shape index (κ3) is 2.70. The van der Waals surface area contributed by atoms with Crippen LogP contribution in [-0.2, 0) is 13.1 Å². The number of aromatic amines is 1. The van der Waals surface area contributed by atoms with Gasteiger partial charge < -0.3 is 4.98 Å². The summed E-state index contributed by atoms with van der Waals surface area (Å²) in [6.07, 6.45) is 1.84. The first-order valence-electron chi connectivity index (χ1n) is 6.75. The van der Waals surface area contributed by atoms with Crippen LogP contribution < -0.4 is 0 Å². The molecule has 3 rings (SSSR count). The van der Waals surface area contributed by atoms with Crippen molar-refractivity contribution in [2.45, 2.75) is 20.0 Å². The maximum absolute atomic E-state index is 4.60. The van der Waals surface area contributed by atoms with Crippen molar-refractivity contribution in [1.82, 2.24) is 19.9 Å². The van der Waals surface area contributed by atoms with Gasteiger partial charge in [-0.2, -0.15) is 0 Å². The Labute approximate surface area is 118 Å². The van der Waals surface area contributed by atoms with Gasteiger partial charge in [0, 0.05) is 12.7 Å². The summed E-state index contributed by atoms with van der Waals surface area (Å²) in [5.74, 6) is 0.988. The Bertz CT molecular complexity index is 684. The van der Waals surface area contributed by atoms with Gasteiger partial charge >= 0.3 is 0 Å². The Morgan fingerprint density at radius 1 is 1.10 bits per heavy atom. The molecule has 0 spiro atoms. The largest absolute Gasteiger partial charge is 0.341 e. The molecule has 2 heterocycles. The van der Waals surface area contributed by atoms with Crippen LogP contribution in [0.3, 0.4) is 0 Å².